The van der Waals surface area contributed by atoms with E-state index in [0.717, 1.165) is 33.5 Å². The predicted molar refractivity (Wildman–Crippen MR) is 109 cm³/mol. The van der Waals surface area contributed by atoms with Gasteiger partial charge in [0.1, 0.15) is 0 Å². The van der Waals surface area contributed by atoms with E-state index in [1.165, 1.54) is 0 Å². The van der Waals surface area contributed by atoms with Gasteiger partial charge < -0.3 is 0 Å². The van der Waals surface area contributed by atoms with Crippen molar-refractivity contribution in [3.63, 3.8) is 0 Å². The molecule has 4 aromatic rings. The Kier molecular flexibility index (Phi) is 4.82. The number of para-hydroxylation sites is 2. The molecular weight excluding hydrogens is 387 g/mol. The lowest BCUT2D eigenvalue weighted by molar-refractivity contribution is 1.07. The average Bonchev–Trinajstić information content (AvgIpc) is 2.61. The zero-order chi connectivity index (χ0) is 18.1. The van der Waals surface area contributed by atoms with Gasteiger partial charge in [0, 0.05) is 22.0 Å². The molecule has 1 aromatic heterocycles. The van der Waals surface area contributed by atoms with E-state index in [2.05, 4.69) is 0 Å². The maximum atomic E-state index is 6.44. The van der Waals surface area contributed by atoms with Gasteiger partial charge in [0.25, 0.3) is 0 Å². The lowest BCUT2D eigenvalue weighted by atomic mass is 10.0. The highest BCUT2D eigenvalue weighted by atomic mass is 35.5. The van der Waals surface area contributed by atoms with Crippen LogP contribution < -0.4 is 0 Å². The van der Waals surface area contributed by atoms with Gasteiger partial charge >= 0.3 is 0 Å². The van der Waals surface area contributed by atoms with Crippen LogP contribution in [0, 0.1) is 0 Å². The van der Waals surface area contributed by atoms with Crippen LogP contribution in [0.5, 0.6) is 0 Å². The number of hydrogen-bond acceptors (Lipinski definition) is 2. The van der Waals surface area contributed by atoms with Gasteiger partial charge in [-0.1, -0.05) is 59.1 Å². The Morgan fingerprint density at radius 3 is 2.15 bits per heavy atom. The fourth-order valence-corrected chi connectivity index (χ4v) is 3.61. The van der Waals surface area contributed by atoms with Crippen LogP contribution in [0.25, 0.3) is 22.3 Å². The van der Waals surface area contributed by atoms with Crippen LogP contribution in [-0.4, -0.2) is 9.97 Å². The number of halogens is 3. The molecular formula is C21H13Cl3N2. The summed E-state index contributed by atoms with van der Waals surface area (Å²) in [6.07, 6.45) is 0.604. The Balaban J connectivity index is 1.91. The van der Waals surface area contributed by atoms with Crippen molar-refractivity contribution in [2.45, 2.75) is 6.42 Å². The lowest BCUT2D eigenvalue weighted by Crippen LogP contribution is -2.01. The van der Waals surface area contributed by atoms with Gasteiger partial charge in [-0.05, 0) is 48.0 Å². The van der Waals surface area contributed by atoms with E-state index < -0.39 is 0 Å². The molecule has 0 radical (unpaired) electrons. The molecule has 0 N–H and O–H groups in total. The number of hydrogen-bond donors (Lipinski definition) is 0. The molecule has 0 amide bonds. The first-order valence-electron chi connectivity index (χ1n) is 8.06. The monoisotopic (exact) mass is 398 g/mol. The molecule has 0 aliphatic rings. The summed E-state index contributed by atoms with van der Waals surface area (Å²) >= 11 is 18.6. The molecule has 0 atom stereocenters. The molecule has 0 unspecified atom stereocenters. The fourth-order valence-electron chi connectivity index (χ4n) is 2.90. The molecule has 0 aliphatic heterocycles. The first-order valence-corrected chi connectivity index (χ1v) is 9.19. The number of benzene rings is 3. The van der Waals surface area contributed by atoms with Gasteiger partial charge in [-0.2, -0.15) is 0 Å². The van der Waals surface area contributed by atoms with Crippen molar-refractivity contribution < 1.29 is 0 Å². The first-order chi connectivity index (χ1) is 12.6. The van der Waals surface area contributed by atoms with Crippen molar-refractivity contribution in [1.29, 1.82) is 0 Å². The quantitative estimate of drug-likeness (QED) is 0.376. The second kappa shape index (κ2) is 7.24. The smallest absolute Gasteiger partial charge is 0.0943 e. The molecule has 0 saturated carbocycles. The van der Waals surface area contributed by atoms with E-state index in [-0.39, 0.29) is 0 Å². The third-order valence-corrected chi connectivity index (χ3v) is 4.87. The van der Waals surface area contributed by atoms with Gasteiger partial charge in [-0.3, -0.25) is 0 Å². The average molecular weight is 400 g/mol. The summed E-state index contributed by atoms with van der Waals surface area (Å²) in [5, 5.41) is 1.83. The lowest BCUT2D eigenvalue weighted by Gasteiger charge is -2.12. The predicted octanol–water partition coefficient (Wildman–Crippen LogP) is 6.85. The highest BCUT2D eigenvalue weighted by molar-refractivity contribution is 6.36. The Labute approximate surface area is 166 Å². The van der Waals surface area contributed by atoms with Gasteiger partial charge in [-0.25, -0.2) is 9.97 Å². The normalized spacial score (nSPS) is 11.0. The SMILES string of the molecule is Clc1cccc(Cc2nc3ccccc3nc2-c2ccc(Cl)cc2Cl)c1. The second-order valence-electron chi connectivity index (χ2n) is 5.94. The molecule has 0 fully saturated rings. The standard InChI is InChI=1S/C21H13Cl3N2/c22-14-5-3-4-13(10-14)11-20-21(16-9-8-15(23)12-17(16)24)26-19-7-2-1-6-18(19)25-20/h1-10,12H,11H2. The van der Waals surface area contributed by atoms with Crippen LogP contribution in [0.15, 0.2) is 66.7 Å². The van der Waals surface area contributed by atoms with Crippen molar-refractivity contribution >= 4 is 45.8 Å². The molecule has 4 rings (SSSR count). The zero-order valence-electron chi connectivity index (χ0n) is 13.6. The van der Waals surface area contributed by atoms with E-state index in [9.17, 15) is 0 Å². The fraction of sp³-hybridized carbons (Fsp3) is 0.0476. The maximum Gasteiger partial charge on any atom is 0.0943 e. The van der Waals surface area contributed by atoms with Crippen LogP contribution in [0.3, 0.4) is 0 Å². The van der Waals surface area contributed by atoms with Crippen LogP contribution in [-0.2, 0) is 6.42 Å². The third-order valence-electron chi connectivity index (χ3n) is 4.09. The van der Waals surface area contributed by atoms with Crippen molar-refractivity contribution in [2.24, 2.45) is 0 Å². The molecule has 26 heavy (non-hydrogen) atoms. The Hall–Kier alpha value is -2.13. The maximum absolute atomic E-state index is 6.44. The van der Waals surface area contributed by atoms with E-state index in [1.807, 2.05) is 60.7 Å². The summed E-state index contributed by atoms with van der Waals surface area (Å²) in [5.41, 5.74) is 5.14. The molecule has 0 saturated heterocycles. The molecule has 5 heteroatoms. The number of rotatable bonds is 3. The topological polar surface area (TPSA) is 25.8 Å². The van der Waals surface area contributed by atoms with E-state index in [0.29, 0.717) is 21.5 Å². The van der Waals surface area contributed by atoms with Crippen molar-refractivity contribution in [2.75, 3.05) is 0 Å². The summed E-state index contributed by atoms with van der Waals surface area (Å²) in [6.45, 7) is 0. The number of nitrogens with zero attached hydrogens (tertiary/aromatic N) is 2. The van der Waals surface area contributed by atoms with Gasteiger partial charge in [-0.15, -0.1) is 0 Å². The van der Waals surface area contributed by atoms with Gasteiger partial charge in [0.05, 0.1) is 27.4 Å². The third kappa shape index (κ3) is 3.54. The van der Waals surface area contributed by atoms with Gasteiger partial charge in [0.2, 0.25) is 0 Å². The number of fused-ring (bicyclic) bond motifs is 1. The molecule has 128 valence electrons. The zero-order valence-corrected chi connectivity index (χ0v) is 15.9. The molecule has 2 nitrogen and oxygen atoms in total. The minimum absolute atomic E-state index is 0.550. The van der Waals surface area contributed by atoms with Crippen molar-refractivity contribution in [1.82, 2.24) is 9.97 Å². The highest BCUT2D eigenvalue weighted by Crippen LogP contribution is 2.32. The summed E-state index contributed by atoms with van der Waals surface area (Å²) in [4.78, 5) is 9.67. The Morgan fingerprint density at radius 2 is 1.42 bits per heavy atom. The molecule has 0 aliphatic carbocycles. The van der Waals surface area contributed by atoms with Gasteiger partial charge in [0.15, 0.2) is 0 Å². The molecule has 0 bridgehead atoms. The first kappa shape index (κ1) is 17.3. The summed E-state index contributed by atoms with van der Waals surface area (Å²) in [7, 11) is 0. The largest absolute Gasteiger partial charge is 0.249 e. The van der Waals surface area contributed by atoms with Crippen molar-refractivity contribution in [3.05, 3.63) is 93.1 Å². The molecule has 1 heterocycles. The second-order valence-corrected chi connectivity index (χ2v) is 7.22. The summed E-state index contributed by atoms with van der Waals surface area (Å²) < 4.78 is 0. The number of aromatic nitrogens is 2. The van der Waals surface area contributed by atoms with Crippen LogP contribution >= 0.6 is 34.8 Å². The summed E-state index contributed by atoms with van der Waals surface area (Å²) in [6, 6.07) is 21.0. The molecule has 3 aromatic carbocycles. The van der Waals surface area contributed by atoms with E-state index in [4.69, 9.17) is 44.8 Å². The molecule has 0 spiro atoms. The van der Waals surface area contributed by atoms with Crippen molar-refractivity contribution in [3.8, 4) is 11.3 Å². The highest BCUT2D eigenvalue weighted by Gasteiger charge is 2.15. The minimum atomic E-state index is 0.550. The van der Waals surface area contributed by atoms with Crippen LogP contribution in [0.4, 0.5) is 0 Å². The van der Waals surface area contributed by atoms with E-state index in [1.54, 1.807) is 6.07 Å². The van der Waals surface area contributed by atoms with E-state index >= 15 is 0 Å². The Bertz CT molecular complexity index is 1110. The minimum Gasteiger partial charge on any atom is -0.249 e. The Morgan fingerprint density at radius 1 is 0.692 bits per heavy atom. The van der Waals surface area contributed by atoms with Crippen LogP contribution in [0.1, 0.15) is 11.3 Å². The summed E-state index contributed by atoms with van der Waals surface area (Å²) in [5.74, 6) is 0. The van der Waals surface area contributed by atoms with Crippen LogP contribution in [0.2, 0.25) is 15.1 Å².